The summed E-state index contributed by atoms with van der Waals surface area (Å²) in [6.45, 7) is 2.75. The van der Waals surface area contributed by atoms with Gasteiger partial charge in [0, 0.05) is 29.4 Å². The number of allylic oxidation sites excluding steroid dienone is 1. The Balaban J connectivity index is 1.34. The Morgan fingerprint density at radius 1 is 1.00 bits per heavy atom. The lowest BCUT2D eigenvalue weighted by atomic mass is 9.97. The molecule has 0 bridgehead atoms. The summed E-state index contributed by atoms with van der Waals surface area (Å²) in [5, 5.41) is 6.31. The SMILES string of the molecule is Cc1ccc(-c2cc(Nc3ccc(C(=O)NCCC4=CCCCC4)cc3)ncn2)cc1. The third-order valence-corrected chi connectivity index (χ3v) is 5.55. The first-order chi connectivity index (χ1) is 15.2. The Bertz CT molecular complexity index is 1060. The molecule has 1 aliphatic rings. The van der Waals surface area contributed by atoms with E-state index in [4.69, 9.17) is 0 Å². The van der Waals surface area contributed by atoms with Crippen molar-refractivity contribution >= 4 is 17.4 Å². The van der Waals surface area contributed by atoms with Crippen LogP contribution in [0.25, 0.3) is 11.3 Å². The first-order valence-electron chi connectivity index (χ1n) is 10.9. The summed E-state index contributed by atoms with van der Waals surface area (Å²) < 4.78 is 0. The number of nitrogens with zero attached hydrogens (tertiary/aromatic N) is 2. The van der Waals surface area contributed by atoms with Crippen LogP contribution in [0, 0.1) is 6.92 Å². The van der Waals surface area contributed by atoms with E-state index >= 15 is 0 Å². The second kappa shape index (κ2) is 10.0. The maximum atomic E-state index is 12.4. The molecule has 0 unspecified atom stereocenters. The van der Waals surface area contributed by atoms with E-state index in [1.54, 1.807) is 6.33 Å². The largest absolute Gasteiger partial charge is 0.352 e. The Hall–Kier alpha value is -3.47. The molecule has 0 spiro atoms. The Kier molecular flexibility index (Phi) is 6.72. The van der Waals surface area contributed by atoms with Gasteiger partial charge in [0.05, 0.1) is 5.69 Å². The number of carbonyl (C=O) groups excluding carboxylic acids is 1. The summed E-state index contributed by atoms with van der Waals surface area (Å²) >= 11 is 0. The van der Waals surface area contributed by atoms with Crippen molar-refractivity contribution in [1.82, 2.24) is 15.3 Å². The molecule has 2 aromatic carbocycles. The van der Waals surface area contributed by atoms with Crippen molar-refractivity contribution in [3.8, 4) is 11.3 Å². The predicted molar refractivity (Wildman–Crippen MR) is 125 cm³/mol. The van der Waals surface area contributed by atoms with Crippen molar-refractivity contribution in [1.29, 1.82) is 0 Å². The van der Waals surface area contributed by atoms with Crippen molar-refractivity contribution in [2.24, 2.45) is 0 Å². The highest BCUT2D eigenvalue weighted by molar-refractivity contribution is 5.94. The molecule has 1 aliphatic carbocycles. The van der Waals surface area contributed by atoms with Crippen molar-refractivity contribution < 1.29 is 4.79 Å². The van der Waals surface area contributed by atoms with Crippen molar-refractivity contribution in [2.75, 3.05) is 11.9 Å². The molecule has 1 aromatic heterocycles. The molecule has 1 amide bonds. The average molecular weight is 413 g/mol. The van der Waals surface area contributed by atoms with Gasteiger partial charge in [0.25, 0.3) is 5.91 Å². The zero-order valence-electron chi connectivity index (χ0n) is 17.9. The first kappa shape index (κ1) is 20.8. The highest BCUT2D eigenvalue weighted by atomic mass is 16.1. The fraction of sp³-hybridized carbons (Fsp3) is 0.269. The molecule has 5 nitrogen and oxygen atoms in total. The summed E-state index contributed by atoms with van der Waals surface area (Å²) in [6, 6.07) is 17.6. The monoisotopic (exact) mass is 412 g/mol. The van der Waals surface area contributed by atoms with E-state index in [9.17, 15) is 4.79 Å². The summed E-state index contributed by atoms with van der Waals surface area (Å²) in [5.41, 5.74) is 6.13. The molecule has 4 rings (SSSR count). The van der Waals surface area contributed by atoms with Gasteiger partial charge in [0.1, 0.15) is 12.1 Å². The number of anilines is 2. The summed E-state index contributed by atoms with van der Waals surface area (Å²) in [6.07, 6.45) is 9.74. The van der Waals surface area contributed by atoms with Crippen molar-refractivity contribution in [3.63, 3.8) is 0 Å². The van der Waals surface area contributed by atoms with Gasteiger partial charge < -0.3 is 10.6 Å². The van der Waals surface area contributed by atoms with Crippen LogP contribution in [0.1, 0.15) is 48.0 Å². The number of amides is 1. The van der Waals surface area contributed by atoms with Gasteiger partial charge in [0.15, 0.2) is 0 Å². The quantitative estimate of drug-likeness (QED) is 0.480. The van der Waals surface area contributed by atoms with Crippen LogP contribution in [0.2, 0.25) is 0 Å². The van der Waals surface area contributed by atoms with Gasteiger partial charge in [-0.2, -0.15) is 0 Å². The molecule has 158 valence electrons. The van der Waals surface area contributed by atoms with Crippen LogP contribution in [-0.2, 0) is 0 Å². The van der Waals surface area contributed by atoms with E-state index in [-0.39, 0.29) is 5.91 Å². The number of hydrogen-bond donors (Lipinski definition) is 2. The van der Waals surface area contributed by atoms with Gasteiger partial charge in [-0.1, -0.05) is 41.5 Å². The van der Waals surface area contributed by atoms with Crippen LogP contribution in [-0.4, -0.2) is 22.4 Å². The molecule has 0 saturated heterocycles. The van der Waals surface area contributed by atoms with E-state index in [2.05, 4.69) is 57.9 Å². The zero-order chi connectivity index (χ0) is 21.5. The topological polar surface area (TPSA) is 66.9 Å². The Morgan fingerprint density at radius 3 is 2.55 bits per heavy atom. The Labute approximate surface area is 183 Å². The van der Waals surface area contributed by atoms with Gasteiger partial charge >= 0.3 is 0 Å². The number of aryl methyl sites for hydroxylation is 1. The lowest BCUT2D eigenvalue weighted by Gasteiger charge is -2.13. The van der Waals surface area contributed by atoms with Gasteiger partial charge in [0.2, 0.25) is 0 Å². The number of benzene rings is 2. The molecule has 2 N–H and O–H groups in total. The van der Waals surface area contributed by atoms with Crippen molar-refractivity contribution in [2.45, 2.75) is 39.0 Å². The third-order valence-electron chi connectivity index (χ3n) is 5.55. The molecule has 0 fully saturated rings. The molecule has 0 aliphatic heterocycles. The first-order valence-corrected chi connectivity index (χ1v) is 10.9. The lowest BCUT2D eigenvalue weighted by molar-refractivity contribution is 0.0954. The second-order valence-electron chi connectivity index (χ2n) is 7.97. The van der Waals surface area contributed by atoms with E-state index in [1.165, 1.54) is 36.8 Å². The number of rotatable bonds is 7. The molecule has 31 heavy (non-hydrogen) atoms. The van der Waals surface area contributed by atoms with Gasteiger partial charge in [-0.3, -0.25) is 4.79 Å². The number of nitrogens with one attached hydrogen (secondary N) is 2. The van der Waals surface area contributed by atoms with E-state index in [0.717, 1.165) is 23.4 Å². The van der Waals surface area contributed by atoms with Gasteiger partial charge in [-0.25, -0.2) is 9.97 Å². The highest BCUT2D eigenvalue weighted by Gasteiger charge is 2.08. The molecule has 3 aromatic rings. The normalized spacial score (nSPS) is 13.4. The highest BCUT2D eigenvalue weighted by Crippen LogP contribution is 2.22. The molecule has 0 atom stereocenters. The van der Waals surface area contributed by atoms with E-state index in [0.29, 0.717) is 17.9 Å². The zero-order valence-corrected chi connectivity index (χ0v) is 17.9. The van der Waals surface area contributed by atoms with Gasteiger partial charge in [-0.05, 0) is 63.3 Å². The predicted octanol–water partition coefficient (Wildman–Crippen LogP) is 5.82. The van der Waals surface area contributed by atoms with Crippen LogP contribution in [0.4, 0.5) is 11.5 Å². The smallest absolute Gasteiger partial charge is 0.251 e. The van der Waals surface area contributed by atoms with E-state index < -0.39 is 0 Å². The van der Waals surface area contributed by atoms with Gasteiger partial charge in [-0.15, -0.1) is 0 Å². The summed E-state index contributed by atoms with van der Waals surface area (Å²) in [7, 11) is 0. The molecular weight excluding hydrogens is 384 g/mol. The average Bonchev–Trinajstić information content (AvgIpc) is 2.81. The lowest BCUT2D eigenvalue weighted by Crippen LogP contribution is -2.24. The maximum Gasteiger partial charge on any atom is 0.251 e. The van der Waals surface area contributed by atoms with Crippen LogP contribution in [0.3, 0.4) is 0 Å². The fourth-order valence-corrected chi connectivity index (χ4v) is 3.73. The third kappa shape index (κ3) is 5.79. The van der Waals surface area contributed by atoms with E-state index in [1.807, 2.05) is 30.3 Å². The molecule has 5 heteroatoms. The standard InChI is InChI=1S/C26H28N4O/c1-19-7-9-21(10-8-19)24-17-25(29-18-28-24)30-23-13-11-22(12-14-23)26(31)27-16-15-20-5-3-2-4-6-20/h5,7-14,17-18H,2-4,6,15-16H2,1H3,(H,27,31)(H,28,29,30). The van der Waals surface area contributed by atoms with Crippen LogP contribution < -0.4 is 10.6 Å². The molecule has 0 saturated carbocycles. The van der Waals surface area contributed by atoms with Crippen molar-refractivity contribution in [3.05, 3.63) is 83.7 Å². The minimum absolute atomic E-state index is 0.0355. The maximum absolute atomic E-state index is 12.4. The van der Waals surface area contributed by atoms with Crippen LogP contribution in [0.5, 0.6) is 0 Å². The number of hydrogen-bond acceptors (Lipinski definition) is 4. The molecular formula is C26H28N4O. The minimum atomic E-state index is -0.0355. The number of carbonyl (C=O) groups is 1. The summed E-state index contributed by atoms with van der Waals surface area (Å²) in [5.74, 6) is 0.676. The van der Waals surface area contributed by atoms with Crippen LogP contribution in [0.15, 0.2) is 72.6 Å². The number of aromatic nitrogens is 2. The minimum Gasteiger partial charge on any atom is -0.352 e. The summed E-state index contributed by atoms with van der Waals surface area (Å²) in [4.78, 5) is 21.1. The second-order valence-corrected chi connectivity index (χ2v) is 7.97. The van der Waals surface area contributed by atoms with Crippen LogP contribution >= 0.6 is 0 Å². The molecule has 1 heterocycles. The Morgan fingerprint density at radius 2 is 1.81 bits per heavy atom. The fourth-order valence-electron chi connectivity index (χ4n) is 3.73. The molecule has 0 radical (unpaired) electrons.